The van der Waals surface area contributed by atoms with Crippen molar-refractivity contribution in [3.63, 3.8) is 0 Å². The van der Waals surface area contributed by atoms with Crippen molar-refractivity contribution in [3.8, 4) is 0 Å². The van der Waals surface area contributed by atoms with E-state index in [-0.39, 0.29) is 5.91 Å². The molecule has 0 radical (unpaired) electrons. The number of nitrogens with one attached hydrogen (secondary N) is 1. The molecule has 6 heteroatoms. The van der Waals surface area contributed by atoms with Crippen LogP contribution < -0.4 is 5.32 Å². The summed E-state index contributed by atoms with van der Waals surface area (Å²) < 4.78 is 0. The molecule has 0 aromatic carbocycles. The van der Waals surface area contributed by atoms with Gasteiger partial charge in [-0.25, -0.2) is 0 Å². The van der Waals surface area contributed by atoms with Gasteiger partial charge in [0.05, 0.1) is 23.5 Å². The van der Waals surface area contributed by atoms with Gasteiger partial charge in [-0.15, -0.1) is 0 Å². The third-order valence-electron chi connectivity index (χ3n) is 4.02. The van der Waals surface area contributed by atoms with Crippen molar-refractivity contribution >= 4 is 11.6 Å². The minimum atomic E-state index is -0.0481. The number of likely N-dealkylation sites (N-methyl/N-ethyl adjacent to an activating group) is 1. The largest absolute Gasteiger partial charge is 0.378 e. The highest BCUT2D eigenvalue weighted by Gasteiger charge is 2.12. The van der Waals surface area contributed by atoms with Crippen molar-refractivity contribution in [1.29, 1.82) is 0 Å². The van der Waals surface area contributed by atoms with Gasteiger partial charge in [0.2, 0.25) is 0 Å². The first kappa shape index (κ1) is 17.5. The summed E-state index contributed by atoms with van der Waals surface area (Å²) in [5.41, 5.74) is 3.44. The second kappa shape index (κ2) is 8.71. The molecule has 3 aromatic heterocycles. The predicted octanol–water partition coefficient (Wildman–Crippen LogP) is 2.80. The molecule has 0 aliphatic heterocycles. The van der Waals surface area contributed by atoms with Gasteiger partial charge < -0.3 is 10.2 Å². The molecule has 0 aliphatic rings. The van der Waals surface area contributed by atoms with Crippen molar-refractivity contribution < 1.29 is 4.79 Å². The molecule has 1 amide bonds. The maximum atomic E-state index is 12.6. The predicted molar refractivity (Wildman–Crippen MR) is 101 cm³/mol. The Hall–Kier alpha value is -3.28. The number of pyridine rings is 3. The summed E-state index contributed by atoms with van der Waals surface area (Å²) in [6, 6.07) is 11.5. The lowest BCUT2D eigenvalue weighted by Gasteiger charge is -2.17. The van der Waals surface area contributed by atoms with Gasteiger partial charge in [-0.3, -0.25) is 19.7 Å². The van der Waals surface area contributed by atoms with Crippen LogP contribution in [0.3, 0.4) is 0 Å². The minimum Gasteiger partial charge on any atom is -0.378 e. The molecule has 0 bridgehead atoms. The Morgan fingerprint density at radius 2 is 1.92 bits per heavy atom. The summed E-state index contributed by atoms with van der Waals surface area (Å²) in [6.07, 6.45) is 9.37. The normalized spacial score (nSPS) is 10.3. The third kappa shape index (κ3) is 4.86. The van der Waals surface area contributed by atoms with Crippen molar-refractivity contribution in [2.75, 3.05) is 18.9 Å². The molecular weight excluding hydrogens is 326 g/mol. The topological polar surface area (TPSA) is 71.0 Å². The Morgan fingerprint density at radius 1 is 1.08 bits per heavy atom. The average Bonchev–Trinajstić information content (AvgIpc) is 2.71. The number of rotatable bonds is 7. The summed E-state index contributed by atoms with van der Waals surface area (Å²) in [6.45, 7) is 1.21. The Bertz CT molecular complexity index is 839. The Labute approximate surface area is 153 Å². The van der Waals surface area contributed by atoms with Crippen LogP contribution in [0, 0.1) is 0 Å². The van der Waals surface area contributed by atoms with Crippen LogP contribution in [0.15, 0.2) is 67.4 Å². The van der Waals surface area contributed by atoms with Crippen molar-refractivity contribution in [2.24, 2.45) is 0 Å². The molecule has 0 fully saturated rings. The van der Waals surface area contributed by atoms with Gasteiger partial charge in [0, 0.05) is 44.6 Å². The number of hydrogen-bond acceptors (Lipinski definition) is 5. The summed E-state index contributed by atoms with van der Waals surface area (Å²) in [5, 5.41) is 3.25. The van der Waals surface area contributed by atoms with Gasteiger partial charge in [-0.2, -0.15) is 0 Å². The van der Waals surface area contributed by atoms with Crippen LogP contribution in [0.4, 0.5) is 5.69 Å². The number of hydrogen-bond donors (Lipinski definition) is 1. The van der Waals surface area contributed by atoms with Crippen molar-refractivity contribution in [2.45, 2.75) is 13.0 Å². The smallest absolute Gasteiger partial charge is 0.255 e. The van der Waals surface area contributed by atoms with E-state index in [2.05, 4.69) is 20.3 Å². The van der Waals surface area contributed by atoms with E-state index < -0.39 is 0 Å². The van der Waals surface area contributed by atoms with E-state index in [0.717, 1.165) is 23.4 Å². The van der Waals surface area contributed by atoms with Crippen LogP contribution in [0.5, 0.6) is 0 Å². The molecule has 0 aliphatic carbocycles. The van der Waals surface area contributed by atoms with Crippen LogP contribution in [-0.2, 0) is 13.0 Å². The number of carbonyl (C=O) groups excluding carboxylic acids is 1. The number of nitrogens with zero attached hydrogens (tertiary/aromatic N) is 4. The molecule has 0 spiro atoms. The van der Waals surface area contributed by atoms with Crippen LogP contribution in [0.2, 0.25) is 0 Å². The quantitative estimate of drug-likeness (QED) is 0.712. The Balaban J connectivity index is 1.58. The molecule has 26 heavy (non-hydrogen) atoms. The van der Waals surface area contributed by atoms with Gasteiger partial charge in [-0.05, 0) is 42.3 Å². The van der Waals surface area contributed by atoms with Crippen molar-refractivity contribution in [3.05, 3.63) is 84.2 Å². The lowest BCUT2D eigenvalue weighted by Crippen LogP contribution is -2.29. The highest BCUT2D eigenvalue weighted by atomic mass is 16.2. The molecule has 0 saturated carbocycles. The third-order valence-corrected chi connectivity index (χ3v) is 4.02. The van der Waals surface area contributed by atoms with Gasteiger partial charge in [0.1, 0.15) is 0 Å². The molecule has 3 aromatic rings. The number of anilines is 1. The maximum Gasteiger partial charge on any atom is 0.255 e. The monoisotopic (exact) mass is 347 g/mol. The Morgan fingerprint density at radius 3 is 2.69 bits per heavy atom. The first-order valence-electron chi connectivity index (χ1n) is 8.45. The molecule has 132 valence electrons. The van der Waals surface area contributed by atoms with E-state index in [9.17, 15) is 4.79 Å². The molecule has 3 rings (SSSR count). The minimum absolute atomic E-state index is 0.0481. The summed E-state index contributed by atoms with van der Waals surface area (Å²) in [7, 11) is 1.80. The van der Waals surface area contributed by atoms with Gasteiger partial charge in [0.15, 0.2) is 0 Å². The SMILES string of the molecule is CN(CCc1ccncc1)C(=O)c1cncc(NCc2ccccn2)c1. The van der Waals surface area contributed by atoms with Gasteiger partial charge in [-0.1, -0.05) is 6.07 Å². The first-order valence-corrected chi connectivity index (χ1v) is 8.45. The number of carbonyl (C=O) groups is 1. The fraction of sp³-hybridized carbons (Fsp3) is 0.200. The van der Waals surface area contributed by atoms with E-state index >= 15 is 0 Å². The van der Waals surface area contributed by atoms with E-state index in [1.807, 2.05) is 36.4 Å². The van der Waals surface area contributed by atoms with Crippen molar-refractivity contribution in [1.82, 2.24) is 19.9 Å². The van der Waals surface area contributed by atoms with Gasteiger partial charge in [0.25, 0.3) is 5.91 Å². The Kier molecular flexibility index (Phi) is 5.88. The molecule has 0 atom stereocenters. The number of aromatic nitrogens is 3. The molecule has 0 saturated heterocycles. The highest BCUT2D eigenvalue weighted by molar-refractivity contribution is 5.94. The van der Waals surface area contributed by atoms with Gasteiger partial charge >= 0.3 is 0 Å². The maximum absolute atomic E-state index is 12.6. The van der Waals surface area contributed by atoms with E-state index in [0.29, 0.717) is 18.7 Å². The summed E-state index contributed by atoms with van der Waals surface area (Å²) >= 11 is 0. The molecular formula is C20H21N5O. The molecule has 0 unspecified atom stereocenters. The van der Waals surface area contributed by atoms with E-state index in [4.69, 9.17) is 0 Å². The van der Waals surface area contributed by atoms with E-state index in [1.54, 1.807) is 42.9 Å². The van der Waals surface area contributed by atoms with Crippen LogP contribution in [0.1, 0.15) is 21.6 Å². The second-order valence-electron chi connectivity index (χ2n) is 5.97. The second-order valence-corrected chi connectivity index (χ2v) is 5.97. The molecule has 3 heterocycles. The van der Waals surface area contributed by atoms with E-state index in [1.165, 1.54) is 0 Å². The zero-order chi connectivity index (χ0) is 18.2. The summed E-state index contributed by atoms with van der Waals surface area (Å²) in [5.74, 6) is -0.0481. The standard InChI is InChI=1S/C20H21N5O/c1-25(11-7-16-5-9-21-10-6-16)20(26)17-12-19(14-22-13-17)24-15-18-4-2-3-8-23-18/h2-6,8-10,12-14,24H,7,11,15H2,1H3. The molecule has 1 N–H and O–H groups in total. The highest BCUT2D eigenvalue weighted by Crippen LogP contribution is 2.12. The molecule has 6 nitrogen and oxygen atoms in total. The number of amides is 1. The lowest BCUT2D eigenvalue weighted by atomic mass is 10.2. The fourth-order valence-electron chi connectivity index (χ4n) is 2.52. The van der Waals surface area contributed by atoms with Crippen LogP contribution in [0.25, 0.3) is 0 Å². The summed E-state index contributed by atoms with van der Waals surface area (Å²) in [4.78, 5) is 26.8. The average molecular weight is 347 g/mol. The van der Waals surface area contributed by atoms with Crippen LogP contribution in [-0.4, -0.2) is 39.4 Å². The lowest BCUT2D eigenvalue weighted by molar-refractivity contribution is 0.0796. The fourth-order valence-corrected chi connectivity index (χ4v) is 2.52. The van der Waals surface area contributed by atoms with Crippen LogP contribution >= 0.6 is 0 Å². The zero-order valence-corrected chi connectivity index (χ0v) is 14.7. The zero-order valence-electron chi connectivity index (χ0n) is 14.7. The first-order chi connectivity index (χ1) is 12.7.